The lowest BCUT2D eigenvalue weighted by molar-refractivity contribution is 0.0789. The summed E-state index contributed by atoms with van der Waals surface area (Å²) in [7, 11) is 1.98. The van der Waals surface area contributed by atoms with Crippen molar-refractivity contribution in [3.8, 4) is 0 Å². The second-order valence-electron chi connectivity index (χ2n) is 4.20. The Morgan fingerprint density at radius 1 is 1.60 bits per heavy atom. The van der Waals surface area contributed by atoms with E-state index in [1.165, 1.54) is 6.20 Å². The predicted octanol–water partition coefficient (Wildman–Crippen LogP) is 1.12. The number of hydrogen-bond donors (Lipinski definition) is 1. The Bertz CT molecular complexity index is 274. The molecule has 0 aromatic carbocycles. The first-order valence-electron chi connectivity index (χ1n) is 5.22. The van der Waals surface area contributed by atoms with Crippen molar-refractivity contribution in [3.05, 3.63) is 12.8 Å². The van der Waals surface area contributed by atoms with Crippen LogP contribution in [0.25, 0.3) is 0 Å². The summed E-state index contributed by atoms with van der Waals surface area (Å²) in [4.78, 5) is 10.5. The highest BCUT2D eigenvalue weighted by Gasteiger charge is 2.39. The van der Waals surface area contributed by atoms with E-state index in [0.717, 1.165) is 25.6 Å². The summed E-state index contributed by atoms with van der Waals surface area (Å²) in [5, 5.41) is 3.21. The van der Waals surface area contributed by atoms with Gasteiger partial charge in [-0.1, -0.05) is 13.5 Å². The summed E-state index contributed by atoms with van der Waals surface area (Å²) in [6.07, 6.45) is 3.30. The van der Waals surface area contributed by atoms with E-state index in [1.807, 2.05) is 14.0 Å². The van der Waals surface area contributed by atoms with Gasteiger partial charge >= 0.3 is 0 Å². The lowest BCUT2D eigenvalue weighted by Gasteiger charge is -2.48. The average molecular weight is 208 g/mol. The maximum atomic E-state index is 4.22. The van der Waals surface area contributed by atoms with Crippen molar-refractivity contribution in [2.24, 2.45) is 15.4 Å². The van der Waals surface area contributed by atoms with Gasteiger partial charge in [0, 0.05) is 37.5 Å². The fourth-order valence-corrected chi connectivity index (χ4v) is 1.95. The Hall–Kier alpha value is -1.16. The first-order chi connectivity index (χ1) is 7.15. The highest BCUT2D eigenvalue weighted by atomic mass is 15.3. The van der Waals surface area contributed by atoms with Gasteiger partial charge in [-0.2, -0.15) is 0 Å². The van der Waals surface area contributed by atoms with E-state index >= 15 is 0 Å². The molecule has 4 heteroatoms. The van der Waals surface area contributed by atoms with Crippen LogP contribution in [0.3, 0.4) is 0 Å². The molecular weight excluding hydrogens is 188 g/mol. The van der Waals surface area contributed by atoms with Crippen LogP contribution in [0.1, 0.15) is 13.8 Å². The topological polar surface area (TPSA) is 40.0 Å². The van der Waals surface area contributed by atoms with Crippen LogP contribution >= 0.6 is 0 Å². The first-order valence-corrected chi connectivity index (χ1v) is 5.22. The van der Waals surface area contributed by atoms with Gasteiger partial charge in [-0.3, -0.25) is 0 Å². The van der Waals surface area contributed by atoms with Crippen molar-refractivity contribution in [1.29, 1.82) is 0 Å². The molecule has 0 saturated carbocycles. The Kier molecular flexibility index (Phi) is 4.03. The third kappa shape index (κ3) is 2.89. The van der Waals surface area contributed by atoms with Gasteiger partial charge in [0.1, 0.15) is 0 Å². The largest absolute Gasteiger partial charge is 0.340 e. The molecular formula is C11H20N4. The number of nitrogens with zero attached hydrogens (tertiary/aromatic N) is 3. The molecule has 1 fully saturated rings. The van der Waals surface area contributed by atoms with Gasteiger partial charge in [0.15, 0.2) is 0 Å². The molecule has 0 amide bonds. The van der Waals surface area contributed by atoms with Gasteiger partial charge < -0.3 is 10.2 Å². The third-order valence-corrected chi connectivity index (χ3v) is 2.48. The van der Waals surface area contributed by atoms with Crippen LogP contribution < -0.4 is 5.32 Å². The van der Waals surface area contributed by atoms with Crippen molar-refractivity contribution >= 4 is 12.2 Å². The van der Waals surface area contributed by atoms with Gasteiger partial charge in [0.25, 0.3) is 0 Å². The Balaban J connectivity index is 2.55. The maximum Gasteiger partial charge on any atom is 0.224 e. The number of aliphatic imine (C=N–C) groups is 2. The zero-order valence-electron chi connectivity index (χ0n) is 9.82. The molecule has 1 rings (SSSR count). The second kappa shape index (κ2) is 5.07. The summed E-state index contributed by atoms with van der Waals surface area (Å²) < 4.78 is 0. The van der Waals surface area contributed by atoms with Gasteiger partial charge in [-0.15, -0.1) is 0 Å². The average Bonchev–Trinajstić information content (AvgIpc) is 2.14. The number of rotatable bonds is 3. The summed E-state index contributed by atoms with van der Waals surface area (Å²) in [5.41, 5.74) is 0.347. The van der Waals surface area contributed by atoms with Crippen LogP contribution in [0.2, 0.25) is 0 Å². The summed E-state index contributed by atoms with van der Waals surface area (Å²) in [6.45, 7) is 10.8. The zero-order chi connectivity index (χ0) is 11.3. The normalized spacial score (nSPS) is 20.5. The third-order valence-electron chi connectivity index (χ3n) is 2.48. The molecule has 0 aromatic heterocycles. The molecule has 0 aliphatic carbocycles. The first kappa shape index (κ1) is 11.9. The fourth-order valence-electron chi connectivity index (χ4n) is 1.95. The number of nitrogens with one attached hydrogen (secondary N) is 1. The molecule has 0 bridgehead atoms. The van der Waals surface area contributed by atoms with Crippen LogP contribution in [-0.2, 0) is 0 Å². The quantitative estimate of drug-likeness (QED) is 0.557. The van der Waals surface area contributed by atoms with E-state index in [-0.39, 0.29) is 0 Å². The molecule has 1 heterocycles. The standard InChI is InChI=1S/C11H20N4/c1-5-13-10(14-6-2)15-8-11(3,9-15)7-12-4/h5-6,12H,1,7-9H2,2-4H3. The second-order valence-corrected chi connectivity index (χ2v) is 4.20. The van der Waals surface area contributed by atoms with E-state index in [2.05, 4.69) is 33.7 Å². The Morgan fingerprint density at radius 3 is 2.73 bits per heavy atom. The molecule has 0 aromatic rings. The molecule has 15 heavy (non-hydrogen) atoms. The van der Waals surface area contributed by atoms with Gasteiger partial charge in [-0.25, -0.2) is 9.98 Å². The van der Waals surface area contributed by atoms with E-state index in [1.54, 1.807) is 6.21 Å². The van der Waals surface area contributed by atoms with Crippen molar-refractivity contribution in [3.63, 3.8) is 0 Å². The van der Waals surface area contributed by atoms with Crippen LogP contribution in [0, 0.1) is 5.41 Å². The van der Waals surface area contributed by atoms with Gasteiger partial charge in [0.05, 0.1) is 0 Å². The SMILES string of the molecule is C=CN=C(N=CC)N1CC(C)(CNC)C1. The highest BCUT2D eigenvalue weighted by Crippen LogP contribution is 2.29. The van der Waals surface area contributed by atoms with Crippen LogP contribution in [0.15, 0.2) is 22.8 Å². The zero-order valence-corrected chi connectivity index (χ0v) is 9.82. The van der Waals surface area contributed by atoms with E-state index in [0.29, 0.717) is 5.41 Å². The van der Waals surface area contributed by atoms with Gasteiger partial charge in [0.2, 0.25) is 5.96 Å². The monoisotopic (exact) mass is 208 g/mol. The molecule has 1 N–H and O–H groups in total. The summed E-state index contributed by atoms with van der Waals surface area (Å²) in [5.74, 6) is 0.765. The van der Waals surface area contributed by atoms with Crippen molar-refractivity contribution in [2.75, 3.05) is 26.7 Å². The van der Waals surface area contributed by atoms with Gasteiger partial charge in [-0.05, 0) is 14.0 Å². The van der Waals surface area contributed by atoms with E-state index < -0.39 is 0 Å². The van der Waals surface area contributed by atoms with E-state index in [9.17, 15) is 0 Å². The molecule has 0 atom stereocenters. The van der Waals surface area contributed by atoms with E-state index in [4.69, 9.17) is 0 Å². The molecule has 1 aliphatic rings. The minimum Gasteiger partial charge on any atom is -0.340 e. The molecule has 4 nitrogen and oxygen atoms in total. The number of likely N-dealkylation sites (tertiary alicyclic amines) is 1. The lowest BCUT2D eigenvalue weighted by Crippen LogP contribution is -2.60. The lowest BCUT2D eigenvalue weighted by atomic mass is 9.82. The Labute approximate surface area is 91.8 Å². The number of hydrogen-bond acceptors (Lipinski definition) is 2. The highest BCUT2D eigenvalue weighted by molar-refractivity contribution is 5.88. The molecule has 0 unspecified atom stereocenters. The molecule has 1 saturated heterocycles. The molecule has 0 spiro atoms. The van der Waals surface area contributed by atoms with Crippen molar-refractivity contribution in [1.82, 2.24) is 10.2 Å². The minimum atomic E-state index is 0.347. The number of guanidine groups is 1. The van der Waals surface area contributed by atoms with Crippen LogP contribution in [0.4, 0.5) is 0 Å². The van der Waals surface area contributed by atoms with Crippen LogP contribution in [-0.4, -0.2) is 43.8 Å². The smallest absolute Gasteiger partial charge is 0.224 e. The Morgan fingerprint density at radius 2 is 2.27 bits per heavy atom. The molecule has 1 aliphatic heterocycles. The minimum absolute atomic E-state index is 0.347. The molecule has 0 radical (unpaired) electrons. The van der Waals surface area contributed by atoms with Crippen molar-refractivity contribution in [2.45, 2.75) is 13.8 Å². The summed E-state index contributed by atoms with van der Waals surface area (Å²) >= 11 is 0. The molecule has 84 valence electrons. The fraction of sp³-hybridized carbons (Fsp3) is 0.636. The van der Waals surface area contributed by atoms with Crippen molar-refractivity contribution < 1.29 is 0 Å². The predicted molar refractivity (Wildman–Crippen MR) is 65.4 cm³/mol. The maximum absolute atomic E-state index is 4.22. The van der Waals surface area contributed by atoms with Crippen LogP contribution in [0.5, 0.6) is 0 Å². The summed E-state index contributed by atoms with van der Waals surface area (Å²) in [6, 6.07) is 0.